The normalized spacial score (nSPS) is 16.5. The van der Waals surface area contributed by atoms with Crippen LogP contribution < -0.4 is 20.1 Å². The summed E-state index contributed by atoms with van der Waals surface area (Å²) in [6, 6.07) is 5.78. The van der Waals surface area contributed by atoms with E-state index in [-0.39, 0.29) is 0 Å². The van der Waals surface area contributed by atoms with E-state index in [1.54, 1.807) is 0 Å². The van der Waals surface area contributed by atoms with Gasteiger partial charge in [0.1, 0.15) is 0 Å². The second-order valence-corrected chi connectivity index (χ2v) is 6.50. The molecule has 0 radical (unpaired) electrons. The fourth-order valence-corrected chi connectivity index (χ4v) is 2.54. The van der Waals surface area contributed by atoms with Crippen LogP contribution in [0.4, 0.5) is 5.69 Å². The van der Waals surface area contributed by atoms with E-state index in [1.165, 1.54) is 12.8 Å². The molecule has 1 saturated carbocycles. The number of nitrogens with one attached hydrogen (secondary N) is 2. The first kappa shape index (κ1) is 18.4. The van der Waals surface area contributed by atoms with Crippen LogP contribution in [-0.2, 0) is 4.74 Å². The zero-order valence-corrected chi connectivity index (χ0v) is 15.1. The van der Waals surface area contributed by atoms with Crippen LogP contribution in [-0.4, -0.2) is 45.5 Å². The van der Waals surface area contributed by atoms with E-state index in [0.29, 0.717) is 32.3 Å². The van der Waals surface area contributed by atoms with E-state index in [4.69, 9.17) is 20.6 Å². The van der Waals surface area contributed by atoms with Gasteiger partial charge >= 0.3 is 0 Å². The van der Waals surface area contributed by atoms with Gasteiger partial charge in [0.05, 0.1) is 19.8 Å². The Labute approximate surface area is 155 Å². The first-order valence-corrected chi connectivity index (χ1v) is 9.31. The summed E-state index contributed by atoms with van der Waals surface area (Å²) in [5.74, 6) is 5.54. The van der Waals surface area contributed by atoms with Crippen molar-refractivity contribution < 1.29 is 14.2 Å². The Hall–Kier alpha value is -2.39. The van der Waals surface area contributed by atoms with E-state index in [0.717, 1.165) is 49.2 Å². The number of hydrogen-bond acceptors (Lipinski definition) is 4. The molecular formula is C20H27N3O3. The molecule has 0 unspecified atom stereocenters. The number of guanidine groups is 1. The highest BCUT2D eigenvalue weighted by Gasteiger charge is 2.20. The van der Waals surface area contributed by atoms with Crippen LogP contribution in [0.1, 0.15) is 25.7 Å². The molecule has 2 aliphatic rings. The molecule has 3 rings (SSSR count). The zero-order chi connectivity index (χ0) is 18.0. The average molecular weight is 357 g/mol. The number of anilines is 1. The van der Waals surface area contributed by atoms with Gasteiger partial charge < -0.3 is 24.8 Å². The monoisotopic (exact) mass is 357 g/mol. The first-order chi connectivity index (χ1) is 12.8. The maximum atomic E-state index is 5.73. The van der Waals surface area contributed by atoms with Crippen LogP contribution in [0.5, 0.6) is 11.5 Å². The summed E-state index contributed by atoms with van der Waals surface area (Å²) in [4.78, 5) is 4.57. The number of aliphatic imine (C=N–C) groups is 1. The lowest BCUT2D eigenvalue weighted by atomic mass is 10.3. The van der Waals surface area contributed by atoms with E-state index in [1.807, 2.05) is 18.2 Å². The average Bonchev–Trinajstić information content (AvgIpc) is 3.48. The van der Waals surface area contributed by atoms with Gasteiger partial charge in [0, 0.05) is 37.9 Å². The fourth-order valence-electron chi connectivity index (χ4n) is 2.54. The molecule has 1 fully saturated rings. The molecule has 0 atom stereocenters. The minimum absolute atomic E-state index is 0.411. The summed E-state index contributed by atoms with van der Waals surface area (Å²) in [7, 11) is 0. The molecule has 1 aromatic carbocycles. The third-order valence-corrected chi connectivity index (χ3v) is 4.14. The van der Waals surface area contributed by atoms with Gasteiger partial charge in [-0.15, -0.1) is 6.42 Å². The number of hydrogen-bond donors (Lipinski definition) is 2. The van der Waals surface area contributed by atoms with Crippen LogP contribution in [0.25, 0.3) is 0 Å². The molecule has 2 N–H and O–H groups in total. The Bertz CT molecular complexity index is 650. The number of rotatable bonds is 8. The van der Waals surface area contributed by atoms with E-state index >= 15 is 0 Å². The standard InChI is InChI=1S/C20H27N3O3/c1-2-9-21-20(22-10-3-11-24-15-16-5-6-16)23-17-7-8-18-19(14-17)26-13-4-12-25-18/h1,7-8,14,16H,3-6,9-13,15H2,(H2,21,22,23). The van der Waals surface area contributed by atoms with Crippen LogP contribution >= 0.6 is 0 Å². The second kappa shape index (κ2) is 9.93. The second-order valence-electron chi connectivity index (χ2n) is 6.50. The lowest BCUT2D eigenvalue weighted by molar-refractivity contribution is 0.123. The Balaban J connectivity index is 1.52. The third kappa shape index (κ3) is 6.16. The molecule has 1 aliphatic carbocycles. The minimum Gasteiger partial charge on any atom is -0.490 e. The van der Waals surface area contributed by atoms with Gasteiger partial charge in [-0.2, -0.15) is 0 Å². The van der Waals surface area contributed by atoms with Crippen LogP contribution in [0.15, 0.2) is 23.2 Å². The van der Waals surface area contributed by atoms with Gasteiger partial charge in [-0.25, -0.2) is 0 Å². The summed E-state index contributed by atoms with van der Waals surface area (Å²) < 4.78 is 17.0. The van der Waals surface area contributed by atoms with Crippen molar-refractivity contribution in [3.63, 3.8) is 0 Å². The van der Waals surface area contributed by atoms with Crippen molar-refractivity contribution in [3.05, 3.63) is 18.2 Å². The topological polar surface area (TPSA) is 64.1 Å². The first-order valence-electron chi connectivity index (χ1n) is 9.31. The van der Waals surface area contributed by atoms with Crippen molar-refractivity contribution in [1.29, 1.82) is 0 Å². The summed E-state index contributed by atoms with van der Waals surface area (Å²) in [6.45, 7) is 4.06. The van der Waals surface area contributed by atoms with Gasteiger partial charge in [-0.05, 0) is 37.3 Å². The predicted octanol–water partition coefficient (Wildman–Crippen LogP) is 2.66. The Morgan fingerprint density at radius 1 is 1.27 bits per heavy atom. The minimum atomic E-state index is 0.411. The summed E-state index contributed by atoms with van der Waals surface area (Å²) in [5, 5.41) is 6.39. The van der Waals surface area contributed by atoms with E-state index in [2.05, 4.69) is 21.5 Å². The van der Waals surface area contributed by atoms with E-state index < -0.39 is 0 Å². The number of benzene rings is 1. The van der Waals surface area contributed by atoms with Crippen molar-refractivity contribution in [2.24, 2.45) is 10.9 Å². The van der Waals surface area contributed by atoms with Crippen LogP contribution in [0.2, 0.25) is 0 Å². The number of nitrogens with zero attached hydrogens (tertiary/aromatic N) is 1. The van der Waals surface area contributed by atoms with Crippen LogP contribution in [0.3, 0.4) is 0 Å². The molecule has 1 aliphatic heterocycles. The largest absolute Gasteiger partial charge is 0.490 e. The number of fused-ring (bicyclic) bond motifs is 1. The lowest BCUT2D eigenvalue weighted by Crippen LogP contribution is -2.31. The van der Waals surface area contributed by atoms with E-state index in [9.17, 15) is 0 Å². The lowest BCUT2D eigenvalue weighted by Gasteiger charge is -2.13. The van der Waals surface area contributed by atoms with Crippen molar-refractivity contribution in [1.82, 2.24) is 5.32 Å². The highest BCUT2D eigenvalue weighted by molar-refractivity contribution is 5.94. The maximum Gasteiger partial charge on any atom is 0.196 e. The predicted molar refractivity (Wildman–Crippen MR) is 103 cm³/mol. The number of ether oxygens (including phenoxy) is 3. The molecule has 0 amide bonds. The molecule has 140 valence electrons. The smallest absolute Gasteiger partial charge is 0.196 e. The molecule has 26 heavy (non-hydrogen) atoms. The number of terminal acetylenes is 1. The molecule has 0 aromatic heterocycles. The summed E-state index contributed by atoms with van der Waals surface area (Å²) in [5.41, 5.74) is 0.877. The Kier molecular flexibility index (Phi) is 7.03. The van der Waals surface area contributed by atoms with Crippen molar-refractivity contribution in [2.75, 3.05) is 44.8 Å². The Morgan fingerprint density at radius 3 is 2.92 bits per heavy atom. The molecular weight excluding hydrogens is 330 g/mol. The summed E-state index contributed by atoms with van der Waals surface area (Å²) >= 11 is 0. The molecule has 1 heterocycles. The van der Waals surface area contributed by atoms with Gasteiger partial charge in [-0.1, -0.05) is 5.92 Å². The fraction of sp³-hybridized carbons (Fsp3) is 0.550. The maximum absolute atomic E-state index is 5.73. The SMILES string of the molecule is C#CCNC(=NCCCOCC1CC1)Nc1ccc2c(c1)OCCCO2. The highest BCUT2D eigenvalue weighted by Crippen LogP contribution is 2.32. The van der Waals surface area contributed by atoms with Gasteiger partial charge in [0.2, 0.25) is 0 Å². The molecule has 0 bridgehead atoms. The Morgan fingerprint density at radius 2 is 2.12 bits per heavy atom. The van der Waals surface area contributed by atoms with Crippen LogP contribution in [0, 0.1) is 18.3 Å². The van der Waals surface area contributed by atoms with Gasteiger partial charge in [-0.3, -0.25) is 4.99 Å². The van der Waals surface area contributed by atoms with Crippen molar-refractivity contribution >= 4 is 11.6 Å². The molecule has 0 saturated heterocycles. The summed E-state index contributed by atoms with van der Waals surface area (Å²) in [6.07, 6.45) is 9.76. The quantitative estimate of drug-likeness (QED) is 0.324. The zero-order valence-electron chi connectivity index (χ0n) is 15.1. The molecule has 1 aromatic rings. The highest BCUT2D eigenvalue weighted by atomic mass is 16.5. The molecule has 6 nitrogen and oxygen atoms in total. The van der Waals surface area contributed by atoms with Gasteiger partial charge in [0.25, 0.3) is 0 Å². The van der Waals surface area contributed by atoms with Gasteiger partial charge in [0.15, 0.2) is 17.5 Å². The molecule has 6 heteroatoms. The molecule has 0 spiro atoms. The van der Waals surface area contributed by atoms with Crippen molar-refractivity contribution in [3.8, 4) is 23.8 Å². The van der Waals surface area contributed by atoms with Crippen molar-refractivity contribution in [2.45, 2.75) is 25.7 Å². The third-order valence-electron chi connectivity index (χ3n) is 4.14.